The molecule has 0 spiro atoms. The van der Waals surface area contributed by atoms with Gasteiger partial charge in [0, 0.05) is 113 Å². The summed E-state index contributed by atoms with van der Waals surface area (Å²) < 4.78 is 10.1. The van der Waals surface area contributed by atoms with Crippen LogP contribution in [0.2, 0.25) is 0 Å². The Bertz CT molecular complexity index is 9660. The van der Waals surface area contributed by atoms with Crippen LogP contribution < -0.4 is 0 Å². The number of fused-ring (bicyclic) bond motifs is 13. The number of hydrogen-bond donors (Lipinski definition) is 0. The van der Waals surface area contributed by atoms with Crippen molar-refractivity contribution in [1.29, 1.82) is 0 Å². The Morgan fingerprint density at radius 3 is 0.750 bits per heavy atom. The molecule has 28 rings (SSSR count). The third-order valence-electron chi connectivity index (χ3n) is 28.5. The largest absolute Gasteiger partial charge is 0.308 e. The predicted molar refractivity (Wildman–Crippen MR) is 621 cm³/mol. The Balaban J connectivity index is 0.000000146. The molecule has 0 amide bonds. The molecule has 0 radical (unpaired) electrons. The number of aromatic nitrogens is 8. The van der Waals surface area contributed by atoms with Crippen molar-refractivity contribution in [3.05, 3.63) is 534 Å². The van der Waals surface area contributed by atoms with Crippen LogP contribution in [-0.2, 0) is 0 Å². The Morgan fingerprint density at radius 1 is 0.135 bits per heavy atom. The lowest BCUT2D eigenvalue weighted by molar-refractivity contribution is 1.07. The highest BCUT2D eigenvalue weighted by Crippen LogP contribution is 2.52. The van der Waals surface area contributed by atoms with Gasteiger partial charge in [-0.05, 0) is 186 Å². The Hall–Kier alpha value is -19.1. The molecular weight excluding hydrogens is 1830 g/mol. The van der Waals surface area contributed by atoms with Crippen molar-refractivity contribution in [2.24, 2.45) is 0 Å². The van der Waals surface area contributed by atoms with Crippen LogP contribution in [-0.4, -0.2) is 39.0 Å². The highest BCUT2D eigenvalue weighted by molar-refractivity contribution is 7.27. The molecular formula is C138H88N8S2. The molecule has 0 aliphatic carbocycles. The molecule has 0 atom stereocenters. The molecule has 0 unspecified atom stereocenters. The van der Waals surface area contributed by atoms with Gasteiger partial charge in [0.1, 0.15) is 0 Å². The second-order valence-electron chi connectivity index (χ2n) is 37.5. The number of thiophene rings is 2. The highest BCUT2D eigenvalue weighted by Gasteiger charge is 2.30. The van der Waals surface area contributed by atoms with Crippen LogP contribution in [0.1, 0.15) is 0 Å². The van der Waals surface area contributed by atoms with Crippen LogP contribution in [0, 0.1) is 0 Å². The lowest BCUT2D eigenvalue weighted by atomic mass is 9.92. The maximum Gasteiger partial charge on any atom is 0.164 e. The van der Waals surface area contributed by atoms with E-state index in [2.05, 4.69) is 531 Å². The summed E-state index contributed by atoms with van der Waals surface area (Å²) in [6, 6.07) is 191. The van der Waals surface area contributed by atoms with Gasteiger partial charge in [-0.3, -0.25) is 0 Å². The van der Waals surface area contributed by atoms with Crippen LogP contribution in [0.15, 0.2) is 534 Å². The van der Waals surface area contributed by atoms with Crippen LogP contribution >= 0.6 is 22.7 Å². The molecule has 692 valence electrons. The van der Waals surface area contributed by atoms with Crippen molar-refractivity contribution < 1.29 is 0 Å². The topological polar surface area (TPSA) is 87.2 Å². The summed E-state index contributed by atoms with van der Waals surface area (Å²) in [5.41, 5.74) is 34.2. The maximum atomic E-state index is 5.53. The molecule has 0 aliphatic heterocycles. The van der Waals surface area contributed by atoms with Crippen molar-refractivity contribution in [2.45, 2.75) is 0 Å². The molecule has 0 bridgehead atoms. The summed E-state index contributed by atoms with van der Waals surface area (Å²) >= 11 is 3.72. The number of hydrogen-bond acceptors (Lipinski definition) is 8. The van der Waals surface area contributed by atoms with E-state index in [0.29, 0.717) is 34.9 Å². The minimum absolute atomic E-state index is 0.582. The molecule has 6 heterocycles. The maximum absolute atomic E-state index is 5.53. The molecule has 0 aliphatic rings. The van der Waals surface area contributed by atoms with E-state index in [9.17, 15) is 0 Å². The Labute approximate surface area is 863 Å². The van der Waals surface area contributed by atoms with E-state index < -0.39 is 0 Å². The van der Waals surface area contributed by atoms with Crippen molar-refractivity contribution in [2.75, 3.05) is 0 Å². The summed E-state index contributed by atoms with van der Waals surface area (Å²) in [5.74, 6) is 3.54. The first-order chi connectivity index (χ1) is 73.3. The molecule has 0 saturated heterocycles. The van der Waals surface area contributed by atoms with Gasteiger partial charge in [-0.1, -0.05) is 437 Å². The summed E-state index contributed by atoms with van der Waals surface area (Å²) in [6.07, 6.45) is 0. The zero-order valence-corrected chi connectivity index (χ0v) is 81.8. The lowest BCUT2D eigenvalue weighted by Crippen LogP contribution is -2.04. The summed E-state index contributed by atoms with van der Waals surface area (Å²) in [4.78, 5) is 32.7. The van der Waals surface area contributed by atoms with E-state index in [4.69, 9.17) is 29.9 Å². The third-order valence-corrected chi connectivity index (χ3v) is 30.8. The molecule has 28 aromatic rings. The average molecular weight is 1920 g/mol. The number of rotatable bonds is 18. The van der Waals surface area contributed by atoms with Crippen LogP contribution in [0.3, 0.4) is 0 Å². The molecule has 0 N–H and O–H groups in total. The zero-order valence-electron chi connectivity index (χ0n) is 80.2. The first-order valence-electron chi connectivity index (χ1n) is 50.0. The van der Waals surface area contributed by atoms with Gasteiger partial charge in [-0.2, -0.15) is 0 Å². The molecule has 8 nitrogen and oxygen atoms in total. The van der Waals surface area contributed by atoms with E-state index in [1.165, 1.54) is 67.4 Å². The van der Waals surface area contributed by atoms with Gasteiger partial charge in [0.05, 0.1) is 38.1 Å². The number of nitrogens with zero attached hydrogens (tertiary/aromatic N) is 8. The lowest BCUT2D eigenvalue weighted by Gasteiger charge is -2.21. The first kappa shape index (κ1) is 87.9. The zero-order chi connectivity index (χ0) is 97.9. The first-order valence-corrected chi connectivity index (χ1v) is 51.6. The standard InChI is InChI=1S/2C69H44N4S/c1-6-20-45(21-7-1)48-34-36-51(37-35-48)67-70-68(54-39-52(46-22-8-2-9-23-46)38-53(40-54)47-24-10-3-11-25-47)72-69(71-67)55-41-58(49-26-12-4-13-27-49)66(59(42-55)50-28-14-5-15-29-50)73-62-32-18-16-30-56(62)60-43-61-57-31-17-19-33-64(57)74-65(61)44-63(60)73;1-6-20-45(21-7-1)48-34-36-51(37-35-48)67-70-68(54-41-52(46-22-8-2-9-23-46)40-53(42-54)47-24-10-3-11-25-47)72-69(71-67)55-43-60(49-26-12-4-13-27-49)64(61(44-55)50-28-14-5-15-29-50)73-62-32-18-16-30-56(62)58-38-39-59-57-31-17-19-33-63(57)74-66(59)65(58)73/h2*1-44H. The summed E-state index contributed by atoms with van der Waals surface area (Å²) in [7, 11) is 0. The summed E-state index contributed by atoms with van der Waals surface area (Å²) in [5, 5.41) is 9.96. The van der Waals surface area contributed by atoms with Gasteiger partial charge in [-0.25, -0.2) is 29.9 Å². The molecule has 6 aromatic heterocycles. The van der Waals surface area contributed by atoms with Crippen molar-refractivity contribution >= 4 is 107 Å². The fourth-order valence-electron chi connectivity index (χ4n) is 21.4. The number of benzene rings is 22. The van der Waals surface area contributed by atoms with Crippen LogP contribution in [0.25, 0.3) is 275 Å². The second-order valence-corrected chi connectivity index (χ2v) is 39.6. The third kappa shape index (κ3) is 16.4. The number of para-hydroxylation sites is 2. The van der Waals surface area contributed by atoms with Gasteiger partial charge in [-0.15, -0.1) is 22.7 Å². The summed E-state index contributed by atoms with van der Waals surface area (Å²) in [6.45, 7) is 0. The average Bonchev–Trinajstić information content (AvgIpc) is 1.56. The van der Waals surface area contributed by atoms with Crippen LogP contribution in [0.4, 0.5) is 0 Å². The molecule has 10 heteroatoms. The van der Waals surface area contributed by atoms with Gasteiger partial charge in [0.25, 0.3) is 0 Å². The minimum atomic E-state index is 0.582. The van der Waals surface area contributed by atoms with E-state index in [1.807, 2.05) is 34.8 Å². The fourth-order valence-corrected chi connectivity index (χ4v) is 23.7. The van der Waals surface area contributed by atoms with E-state index in [1.54, 1.807) is 0 Å². The predicted octanol–water partition coefficient (Wildman–Crippen LogP) is 37.3. The van der Waals surface area contributed by atoms with E-state index in [0.717, 1.165) is 173 Å². The Morgan fingerprint density at radius 2 is 0.385 bits per heavy atom. The van der Waals surface area contributed by atoms with Gasteiger partial charge in [0.2, 0.25) is 0 Å². The molecule has 148 heavy (non-hydrogen) atoms. The van der Waals surface area contributed by atoms with Gasteiger partial charge >= 0.3 is 0 Å². The van der Waals surface area contributed by atoms with E-state index in [-0.39, 0.29) is 0 Å². The van der Waals surface area contributed by atoms with Gasteiger partial charge < -0.3 is 9.13 Å². The minimum Gasteiger partial charge on any atom is -0.308 e. The van der Waals surface area contributed by atoms with Crippen molar-refractivity contribution in [3.63, 3.8) is 0 Å². The fraction of sp³-hybridized carbons (Fsp3) is 0. The molecule has 22 aromatic carbocycles. The molecule has 0 saturated carbocycles. The smallest absolute Gasteiger partial charge is 0.164 e. The second kappa shape index (κ2) is 38.0. The van der Waals surface area contributed by atoms with Gasteiger partial charge in [0.15, 0.2) is 34.9 Å². The van der Waals surface area contributed by atoms with Crippen molar-refractivity contribution in [1.82, 2.24) is 39.0 Å². The SMILES string of the molecule is c1ccc(-c2ccc(-c3nc(-c4cc(-c5ccccc5)cc(-c5ccccc5)c4)nc(-c4cc(-c5ccccc5)c(-n5c6ccccc6c6cc7c(cc65)sc5ccccc57)c(-c5ccccc5)c4)n3)cc2)cc1.c1ccc(-c2ccc(-c3nc(-c4cc(-c5ccccc5)cc(-c5ccccc5)c4)nc(-c4cc(-c5ccccc5)c(-n5c6ccccc6c6ccc7c8ccccc8sc7c65)c(-c5ccccc5)c4)n3)cc2)cc1. The van der Waals surface area contributed by atoms with Crippen LogP contribution in [0.5, 0.6) is 0 Å². The monoisotopic (exact) mass is 1920 g/mol. The van der Waals surface area contributed by atoms with Crippen molar-refractivity contribution in [3.8, 4) is 191 Å². The quantitative estimate of drug-likeness (QED) is 0.0851. The normalized spacial score (nSPS) is 11.5. The van der Waals surface area contributed by atoms with E-state index >= 15 is 0 Å². The molecule has 0 fully saturated rings. The highest BCUT2D eigenvalue weighted by atomic mass is 32.1. The Kier molecular flexibility index (Phi) is 22.5.